The fourth-order valence-corrected chi connectivity index (χ4v) is 13.7. The van der Waals surface area contributed by atoms with Gasteiger partial charge in [0.05, 0.1) is 26.1 Å². The third kappa shape index (κ3) is 20.3. The molecule has 0 N–H and O–H groups in total. The second-order valence-electron chi connectivity index (χ2n) is 17.7. The van der Waals surface area contributed by atoms with Gasteiger partial charge in [-0.25, -0.2) is 0 Å². The summed E-state index contributed by atoms with van der Waals surface area (Å²) in [5.74, 6) is 2.01. The average molecular weight is 1100 g/mol. The van der Waals surface area contributed by atoms with Crippen molar-refractivity contribution in [3.63, 3.8) is 0 Å². The zero-order valence-corrected chi connectivity index (χ0v) is 49.2. The maximum Gasteiger partial charge on any atom is 0.344 e. The lowest BCUT2D eigenvalue weighted by Gasteiger charge is -2.35. The van der Waals surface area contributed by atoms with Gasteiger partial charge in [-0.2, -0.15) is 10.2 Å². The number of unbranched alkanes of at least 4 members (excludes halogenated alkanes) is 4. The lowest BCUT2D eigenvalue weighted by atomic mass is 10.1. The highest BCUT2D eigenvalue weighted by Gasteiger charge is 2.34. The van der Waals surface area contributed by atoms with E-state index < -0.39 is 45.3 Å². The molecular weight excluding hydrogens is 1020 g/mol. The number of hydrogen-bond donors (Lipinski definition) is 0. The van der Waals surface area contributed by atoms with E-state index in [0.29, 0.717) is 43.1 Å². The summed E-state index contributed by atoms with van der Waals surface area (Å²) in [6.45, 7) is 9.16. The van der Waals surface area contributed by atoms with Crippen LogP contribution in [0.4, 0.5) is 0 Å². The molecule has 0 aliphatic carbocycles. The van der Waals surface area contributed by atoms with E-state index in [0.717, 1.165) is 61.6 Å². The van der Waals surface area contributed by atoms with Crippen LogP contribution in [0, 0.1) is 0 Å². The fourth-order valence-electron chi connectivity index (χ4n) is 7.26. The Kier molecular flexibility index (Phi) is 26.5. The van der Waals surface area contributed by atoms with Crippen LogP contribution in [0.2, 0.25) is 0 Å². The van der Waals surface area contributed by atoms with Gasteiger partial charge in [-0.15, -0.1) is 0 Å². The maximum atomic E-state index is 13.0. The zero-order chi connectivity index (χ0) is 52.7. The number of hydrazone groups is 2. The minimum absolute atomic E-state index is 0.0871. The van der Waals surface area contributed by atoms with Gasteiger partial charge in [-0.05, 0) is 147 Å². The Morgan fingerprint density at radius 1 is 0.634 bits per heavy atom. The second-order valence-corrected chi connectivity index (χ2v) is 29.1. The fraction of sp³-hybridized carbons (Fsp3) is 0.583. The summed E-state index contributed by atoms with van der Waals surface area (Å²) in [6, 6.07) is 23.1. The van der Waals surface area contributed by atoms with Crippen LogP contribution < -0.4 is 14.2 Å². The van der Waals surface area contributed by atoms with Crippen molar-refractivity contribution in [2.75, 3.05) is 61.7 Å². The molecule has 0 bridgehead atoms. The minimum Gasteiger partial charge on any atom is -0.481 e. The highest BCUT2D eigenvalue weighted by molar-refractivity contribution is 8.04. The van der Waals surface area contributed by atoms with Crippen molar-refractivity contribution in [1.29, 1.82) is 0 Å². The molecule has 0 aliphatic heterocycles. The van der Waals surface area contributed by atoms with Gasteiger partial charge >= 0.3 is 15.2 Å². The standard InChI is InChI=1S/C48H78N8O9P4S2/c1-13-16-18-19-33-46(4,52-53-49)63-43-28-22-41(23-29-43)37-51-55(8)67(71)48(6,34-17-14-2)65-45-30-24-42(25-31-45)36-50-54(7)66(70)47(5,15-3)64-44-26-20-40(21-27-44)32-35-56(38-68(57,59-9)60-10)39-69(58,61-11)62-12/h20-31,36-37,66-67H,13-19,32-35,38-39H2,1-12H3/b50-36+,51-37+. The molecule has 71 heavy (non-hydrogen) atoms. The number of hydrogen-bond acceptors (Lipinski definition) is 15. The van der Waals surface area contributed by atoms with Crippen molar-refractivity contribution >= 4 is 64.9 Å². The molecule has 0 amide bonds. The number of nitrogens with zero attached hydrogens (tertiary/aromatic N) is 8. The van der Waals surface area contributed by atoms with Gasteiger partial charge in [0.2, 0.25) is 0 Å². The SMILES string of the molecule is CCCCCCC(C)(N=[N+]=[N-])Oc1ccc(/C=N/N(C)[PH](=S)C(C)(CCCC)Oc2ccc(/C=N/N(C)[PH](=S)C(C)(CC)Oc3ccc(CCN(CP(=O)(OC)OC)CP(=O)(OC)OC)cc3)cc2)cc1. The summed E-state index contributed by atoms with van der Waals surface area (Å²) in [5.41, 5.74) is 11.0. The second kappa shape index (κ2) is 30.3. The van der Waals surface area contributed by atoms with E-state index in [1.165, 1.54) is 28.4 Å². The van der Waals surface area contributed by atoms with Gasteiger partial charge in [-0.3, -0.25) is 23.6 Å². The average Bonchev–Trinajstić information content (AvgIpc) is 3.37. The molecule has 23 heteroatoms. The highest BCUT2D eigenvalue weighted by atomic mass is 32.4. The summed E-state index contributed by atoms with van der Waals surface area (Å²) in [4.78, 5) is 4.74. The molecule has 3 aromatic rings. The molecule has 0 aromatic heterocycles. The largest absolute Gasteiger partial charge is 0.481 e. The first-order valence-electron chi connectivity index (χ1n) is 23.9. The lowest BCUT2D eigenvalue weighted by molar-refractivity contribution is 0.0834. The number of ether oxygens (including phenoxy) is 3. The topological polar surface area (TPSA) is 182 Å². The molecule has 0 radical (unpaired) electrons. The van der Waals surface area contributed by atoms with Crippen molar-refractivity contribution in [2.45, 2.75) is 122 Å². The maximum absolute atomic E-state index is 13.0. The lowest BCUT2D eigenvalue weighted by Crippen LogP contribution is -2.31. The normalized spacial score (nSPS) is 15.6. The molecule has 0 spiro atoms. The molecular formula is C48H78N8O9P4S2. The Morgan fingerprint density at radius 3 is 1.51 bits per heavy atom. The summed E-state index contributed by atoms with van der Waals surface area (Å²) < 4.78 is 69.7. The van der Waals surface area contributed by atoms with Crippen LogP contribution >= 0.6 is 28.9 Å². The first-order valence-corrected chi connectivity index (χ1v) is 32.5. The highest BCUT2D eigenvalue weighted by Crippen LogP contribution is 2.52. The predicted molar refractivity (Wildman–Crippen MR) is 300 cm³/mol. The summed E-state index contributed by atoms with van der Waals surface area (Å²) in [5, 5.41) is 12.2. The molecule has 0 saturated heterocycles. The minimum atomic E-state index is -3.44. The number of azide groups is 1. The van der Waals surface area contributed by atoms with Gasteiger partial charge in [0.15, 0.2) is 5.72 Å². The van der Waals surface area contributed by atoms with Gasteiger partial charge in [0, 0.05) is 54.0 Å². The molecule has 0 aliphatic rings. The third-order valence-electron chi connectivity index (χ3n) is 12.0. The van der Waals surface area contributed by atoms with Crippen molar-refractivity contribution in [3.05, 3.63) is 99.9 Å². The Labute approximate surface area is 435 Å². The summed E-state index contributed by atoms with van der Waals surface area (Å²) in [7, 11) is 2.16. The van der Waals surface area contributed by atoms with E-state index in [1.807, 2.05) is 110 Å². The van der Waals surface area contributed by atoms with Crippen LogP contribution in [0.1, 0.15) is 116 Å². The van der Waals surface area contributed by atoms with Crippen LogP contribution in [0.15, 0.2) is 88.1 Å². The molecule has 0 saturated carbocycles. The van der Waals surface area contributed by atoms with Crippen LogP contribution in [0.25, 0.3) is 10.4 Å². The first-order chi connectivity index (χ1) is 33.7. The third-order valence-corrected chi connectivity index (χ3v) is 23.9. The van der Waals surface area contributed by atoms with Crippen molar-refractivity contribution < 1.29 is 41.4 Å². The molecule has 5 atom stereocenters. The Hall–Kier alpha value is -3.13. The van der Waals surface area contributed by atoms with Gasteiger partial charge < -0.3 is 32.3 Å². The van der Waals surface area contributed by atoms with E-state index in [4.69, 9.17) is 66.1 Å². The van der Waals surface area contributed by atoms with E-state index in [9.17, 15) is 14.7 Å². The van der Waals surface area contributed by atoms with Crippen LogP contribution in [-0.4, -0.2) is 105 Å². The van der Waals surface area contributed by atoms with Crippen LogP contribution in [0.3, 0.4) is 0 Å². The van der Waals surface area contributed by atoms with Gasteiger partial charge in [0.25, 0.3) is 0 Å². The van der Waals surface area contributed by atoms with E-state index in [-0.39, 0.29) is 12.6 Å². The summed E-state index contributed by atoms with van der Waals surface area (Å²) in [6.07, 6.45) is 12.2. The van der Waals surface area contributed by atoms with Crippen molar-refractivity contribution in [1.82, 2.24) is 14.5 Å². The van der Waals surface area contributed by atoms with Crippen molar-refractivity contribution in [2.24, 2.45) is 15.3 Å². The Balaban J connectivity index is 1.64. The molecule has 396 valence electrons. The molecule has 3 aromatic carbocycles. The van der Waals surface area contributed by atoms with Crippen LogP contribution in [-0.2, 0) is 57.3 Å². The van der Waals surface area contributed by atoms with E-state index >= 15 is 0 Å². The molecule has 3 rings (SSSR count). The molecule has 5 unspecified atom stereocenters. The zero-order valence-electron chi connectivity index (χ0n) is 43.7. The van der Waals surface area contributed by atoms with E-state index in [2.05, 4.69) is 37.7 Å². The number of benzene rings is 3. The van der Waals surface area contributed by atoms with Crippen molar-refractivity contribution in [3.8, 4) is 17.2 Å². The monoisotopic (exact) mass is 1100 g/mol. The quantitative estimate of drug-likeness (QED) is 0.0103. The predicted octanol–water partition coefficient (Wildman–Crippen LogP) is 13.7. The smallest absolute Gasteiger partial charge is 0.344 e. The first kappa shape index (κ1) is 62.2. The van der Waals surface area contributed by atoms with Gasteiger partial charge in [-0.1, -0.05) is 82.2 Å². The Bertz CT molecular complexity index is 2310. The van der Waals surface area contributed by atoms with E-state index in [1.54, 1.807) is 17.3 Å². The number of rotatable bonds is 35. The molecule has 17 nitrogen and oxygen atoms in total. The van der Waals surface area contributed by atoms with Gasteiger partial charge in [0.1, 0.15) is 40.5 Å². The van der Waals surface area contributed by atoms with Crippen LogP contribution in [0.5, 0.6) is 17.2 Å². The summed E-state index contributed by atoms with van der Waals surface area (Å²) >= 11 is 12.3. The Morgan fingerprint density at radius 2 is 1.07 bits per heavy atom. The molecule has 0 heterocycles. The molecule has 0 fully saturated rings.